The van der Waals surface area contributed by atoms with E-state index >= 15 is 0 Å². The van der Waals surface area contributed by atoms with Crippen molar-refractivity contribution < 1.29 is 23.8 Å². The number of nitrogens with zero attached hydrogens (tertiary/aromatic N) is 2. The quantitative estimate of drug-likeness (QED) is 0.629. The smallest absolute Gasteiger partial charge is 0.226 e. The highest BCUT2D eigenvalue weighted by Crippen LogP contribution is 2.20. The van der Waals surface area contributed by atoms with Crippen LogP contribution in [0.15, 0.2) is 36.7 Å². The number of nitrogens with one attached hydrogen (secondary N) is 1. The van der Waals surface area contributed by atoms with Gasteiger partial charge in [0, 0.05) is 36.3 Å². The predicted octanol–water partition coefficient (Wildman–Crippen LogP) is 2.33. The van der Waals surface area contributed by atoms with Crippen LogP contribution in [-0.4, -0.2) is 25.7 Å². The first-order valence-corrected chi connectivity index (χ1v) is 7.95. The maximum Gasteiger partial charge on any atom is 0.226 e. The minimum Gasteiger partial charge on any atom is -0.392 e. The molecule has 0 bridgehead atoms. The number of anilines is 1. The van der Waals surface area contributed by atoms with E-state index in [4.69, 9.17) is 5.11 Å². The van der Waals surface area contributed by atoms with Crippen molar-refractivity contribution in [3.63, 3.8) is 0 Å². The summed E-state index contributed by atoms with van der Waals surface area (Å²) in [6.07, 6.45) is 1.50. The standard InChI is InChI=1S/C18H17F2N3O3/c19-13-6-16-17(7-14(13)20)23(10-21-16)4-3-18(26)22-15-2-1-11(8-24)5-12(15)9-25/h1-2,5-7,10,24-25H,3-4,8-9H2,(H,22,26). The number of aliphatic hydroxyl groups excluding tert-OH is 2. The summed E-state index contributed by atoms with van der Waals surface area (Å²) in [5.41, 5.74) is 2.30. The molecule has 0 radical (unpaired) electrons. The van der Waals surface area contributed by atoms with Crippen LogP contribution in [0.3, 0.4) is 0 Å². The van der Waals surface area contributed by atoms with Gasteiger partial charge < -0.3 is 20.1 Å². The molecule has 1 heterocycles. The summed E-state index contributed by atoms with van der Waals surface area (Å²) in [5, 5.41) is 21.2. The molecule has 3 N–H and O–H groups in total. The van der Waals surface area contributed by atoms with Crippen LogP contribution in [0.4, 0.5) is 14.5 Å². The third-order valence-electron chi connectivity index (χ3n) is 4.04. The molecule has 0 spiro atoms. The summed E-state index contributed by atoms with van der Waals surface area (Å²) in [4.78, 5) is 16.2. The number of aryl methyl sites for hydroxylation is 1. The van der Waals surface area contributed by atoms with Crippen LogP contribution < -0.4 is 5.32 Å². The van der Waals surface area contributed by atoms with Crippen LogP contribution in [0.25, 0.3) is 11.0 Å². The molecule has 2 aromatic carbocycles. The summed E-state index contributed by atoms with van der Waals surface area (Å²) in [6, 6.07) is 6.93. The molecule has 136 valence electrons. The first-order valence-electron chi connectivity index (χ1n) is 7.95. The number of carbonyl (C=O) groups is 1. The monoisotopic (exact) mass is 361 g/mol. The molecule has 8 heteroatoms. The fourth-order valence-electron chi connectivity index (χ4n) is 2.66. The third kappa shape index (κ3) is 3.71. The van der Waals surface area contributed by atoms with Crippen LogP contribution in [0.2, 0.25) is 0 Å². The largest absolute Gasteiger partial charge is 0.392 e. The van der Waals surface area contributed by atoms with Crippen molar-refractivity contribution in [2.24, 2.45) is 0 Å². The molecular formula is C18H17F2N3O3. The number of halogens is 2. The Labute approximate surface area is 147 Å². The maximum atomic E-state index is 13.4. The van der Waals surface area contributed by atoms with Gasteiger partial charge in [-0.1, -0.05) is 6.07 Å². The molecule has 0 saturated heterocycles. The fourth-order valence-corrected chi connectivity index (χ4v) is 2.66. The highest BCUT2D eigenvalue weighted by Gasteiger charge is 2.11. The molecule has 1 amide bonds. The SMILES string of the molecule is O=C(CCn1cnc2cc(F)c(F)cc21)Nc1ccc(CO)cc1CO. The lowest BCUT2D eigenvalue weighted by molar-refractivity contribution is -0.116. The first-order chi connectivity index (χ1) is 12.5. The van der Waals surface area contributed by atoms with Gasteiger partial charge in [-0.3, -0.25) is 4.79 Å². The molecule has 26 heavy (non-hydrogen) atoms. The maximum absolute atomic E-state index is 13.4. The van der Waals surface area contributed by atoms with Crippen molar-refractivity contribution in [1.82, 2.24) is 9.55 Å². The lowest BCUT2D eigenvalue weighted by atomic mass is 10.1. The van der Waals surface area contributed by atoms with Crippen LogP contribution in [-0.2, 0) is 24.6 Å². The topological polar surface area (TPSA) is 87.4 Å². The second-order valence-electron chi connectivity index (χ2n) is 5.80. The van der Waals surface area contributed by atoms with Crippen LogP contribution >= 0.6 is 0 Å². The third-order valence-corrected chi connectivity index (χ3v) is 4.04. The number of hydrogen-bond donors (Lipinski definition) is 3. The minimum absolute atomic E-state index is 0.0804. The molecular weight excluding hydrogens is 344 g/mol. The summed E-state index contributed by atoms with van der Waals surface area (Å²) >= 11 is 0. The van der Waals surface area contributed by atoms with Gasteiger partial charge in [-0.25, -0.2) is 13.8 Å². The Hall–Kier alpha value is -2.84. The van der Waals surface area contributed by atoms with Gasteiger partial charge in [0.25, 0.3) is 0 Å². The van der Waals surface area contributed by atoms with E-state index in [1.165, 1.54) is 6.33 Å². The number of rotatable bonds is 6. The van der Waals surface area contributed by atoms with Crippen molar-refractivity contribution >= 4 is 22.6 Å². The van der Waals surface area contributed by atoms with E-state index in [9.17, 15) is 18.7 Å². The van der Waals surface area contributed by atoms with Gasteiger partial charge in [0.15, 0.2) is 11.6 Å². The lowest BCUT2D eigenvalue weighted by Crippen LogP contribution is -2.15. The zero-order valence-electron chi connectivity index (χ0n) is 13.7. The predicted molar refractivity (Wildman–Crippen MR) is 91.2 cm³/mol. The van der Waals surface area contributed by atoms with Gasteiger partial charge in [0.1, 0.15) is 0 Å². The fraction of sp³-hybridized carbons (Fsp3) is 0.222. The van der Waals surface area contributed by atoms with E-state index in [-0.39, 0.29) is 32.1 Å². The molecule has 1 aromatic heterocycles. The number of imidazole rings is 1. The number of carbonyl (C=O) groups excluding carboxylic acids is 1. The number of hydrogen-bond acceptors (Lipinski definition) is 4. The Morgan fingerprint density at radius 1 is 1.12 bits per heavy atom. The normalized spacial score (nSPS) is 11.1. The molecule has 0 aliphatic heterocycles. The van der Waals surface area contributed by atoms with Gasteiger partial charge in [0.05, 0.1) is 30.6 Å². The number of amides is 1. The summed E-state index contributed by atoms with van der Waals surface area (Å²) < 4.78 is 28.2. The minimum atomic E-state index is -0.972. The highest BCUT2D eigenvalue weighted by molar-refractivity contribution is 5.91. The second-order valence-corrected chi connectivity index (χ2v) is 5.80. The molecule has 0 fully saturated rings. The van der Waals surface area contributed by atoms with Gasteiger partial charge in [0.2, 0.25) is 5.91 Å². The Kier molecular flexibility index (Phi) is 5.24. The molecule has 0 atom stereocenters. The van der Waals surface area contributed by atoms with Crippen LogP contribution in [0, 0.1) is 11.6 Å². The molecule has 0 unspecified atom stereocenters. The molecule has 3 aromatic rings. The number of benzene rings is 2. The van der Waals surface area contributed by atoms with E-state index < -0.39 is 11.6 Å². The number of aliphatic hydroxyl groups is 2. The van der Waals surface area contributed by atoms with Crippen molar-refractivity contribution in [3.8, 4) is 0 Å². The Morgan fingerprint density at radius 3 is 2.62 bits per heavy atom. The average molecular weight is 361 g/mol. The van der Waals surface area contributed by atoms with Crippen molar-refractivity contribution in [1.29, 1.82) is 0 Å². The zero-order chi connectivity index (χ0) is 18.7. The van der Waals surface area contributed by atoms with Gasteiger partial charge in [-0.2, -0.15) is 0 Å². The van der Waals surface area contributed by atoms with Crippen molar-refractivity contribution in [2.75, 3.05) is 5.32 Å². The Bertz CT molecular complexity index is 956. The van der Waals surface area contributed by atoms with E-state index in [2.05, 4.69) is 10.3 Å². The van der Waals surface area contributed by atoms with E-state index in [1.807, 2.05) is 0 Å². The zero-order valence-corrected chi connectivity index (χ0v) is 13.7. The summed E-state index contributed by atoms with van der Waals surface area (Å²) in [7, 11) is 0. The molecule has 0 aliphatic carbocycles. The number of aromatic nitrogens is 2. The van der Waals surface area contributed by atoms with Gasteiger partial charge in [-0.15, -0.1) is 0 Å². The molecule has 6 nitrogen and oxygen atoms in total. The van der Waals surface area contributed by atoms with Crippen LogP contribution in [0.5, 0.6) is 0 Å². The highest BCUT2D eigenvalue weighted by atomic mass is 19.2. The first kappa shape index (κ1) is 18.0. The van der Waals surface area contributed by atoms with Gasteiger partial charge in [-0.05, 0) is 17.7 Å². The van der Waals surface area contributed by atoms with E-state index in [1.54, 1.807) is 22.8 Å². The van der Waals surface area contributed by atoms with Crippen molar-refractivity contribution in [3.05, 3.63) is 59.4 Å². The summed E-state index contributed by atoms with van der Waals surface area (Å²) in [6.45, 7) is -0.205. The van der Waals surface area contributed by atoms with Gasteiger partial charge >= 0.3 is 0 Å². The Balaban J connectivity index is 1.69. The summed E-state index contributed by atoms with van der Waals surface area (Å²) in [5.74, 6) is -2.25. The van der Waals surface area contributed by atoms with E-state index in [0.717, 1.165) is 12.1 Å². The second kappa shape index (κ2) is 7.59. The molecule has 0 aliphatic rings. The van der Waals surface area contributed by atoms with Crippen LogP contribution in [0.1, 0.15) is 17.5 Å². The molecule has 3 rings (SSSR count). The number of fused-ring (bicyclic) bond motifs is 1. The molecule has 0 saturated carbocycles. The Morgan fingerprint density at radius 2 is 1.88 bits per heavy atom. The average Bonchev–Trinajstić information content (AvgIpc) is 3.02. The van der Waals surface area contributed by atoms with Crippen molar-refractivity contribution in [2.45, 2.75) is 26.2 Å². The lowest BCUT2D eigenvalue weighted by Gasteiger charge is -2.11. The van der Waals surface area contributed by atoms with E-state index in [0.29, 0.717) is 27.8 Å².